The largest absolute Gasteiger partial charge is 0.427 e. The van der Waals surface area contributed by atoms with Crippen molar-refractivity contribution in [1.82, 2.24) is 4.90 Å². The third-order valence-corrected chi connectivity index (χ3v) is 6.28. The minimum absolute atomic E-state index is 0.0314. The van der Waals surface area contributed by atoms with Crippen molar-refractivity contribution in [3.8, 4) is 17.6 Å². The second kappa shape index (κ2) is 16.9. The second-order valence-electron chi connectivity index (χ2n) is 9.51. The number of carbonyl (C=O) groups excluding carboxylic acids is 2. The molecule has 0 atom stereocenters. The van der Waals surface area contributed by atoms with E-state index >= 15 is 0 Å². The number of ether oxygens (including phenoxy) is 3. The van der Waals surface area contributed by atoms with Gasteiger partial charge in [0.1, 0.15) is 12.4 Å². The fourth-order valence-electron chi connectivity index (χ4n) is 3.91. The fourth-order valence-corrected chi connectivity index (χ4v) is 3.91. The van der Waals surface area contributed by atoms with Crippen LogP contribution >= 0.6 is 0 Å². The van der Waals surface area contributed by atoms with Crippen LogP contribution in [0.3, 0.4) is 0 Å². The van der Waals surface area contributed by atoms with E-state index < -0.39 is 0 Å². The second-order valence-corrected chi connectivity index (χ2v) is 9.51. The van der Waals surface area contributed by atoms with Crippen molar-refractivity contribution in [3.63, 3.8) is 0 Å². The Kier molecular flexibility index (Phi) is 12.9. The van der Waals surface area contributed by atoms with E-state index in [9.17, 15) is 9.59 Å². The molecule has 0 aromatic heterocycles. The predicted octanol–water partition coefficient (Wildman–Crippen LogP) is 5.94. The third-order valence-electron chi connectivity index (χ3n) is 6.28. The normalized spacial score (nSPS) is 10.5. The fraction of sp³-hybridized carbons (Fsp3) is 0.353. The molecule has 0 spiro atoms. The molecule has 0 N–H and O–H groups in total. The Hall–Kier alpha value is -3.92. The minimum atomic E-state index is -0.286. The molecule has 3 rings (SSSR count). The molecular formula is C34H39NO5. The lowest BCUT2D eigenvalue weighted by atomic mass is 10.1. The van der Waals surface area contributed by atoms with Crippen LogP contribution in [-0.4, -0.2) is 43.7 Å². The molecule has 3 aromatic rings. The van der Waals surface area contributed by atoms with Crippen LogP contribution in [0.15, 0.2) is 72.8 Å². The maximum atomic E-state index is 13.0. The van der Waals surface area contributed by atoms with Crippen molar-refractivity contribution in [2.45, 2.75) is 52.6 Å². The van der Waals surface area contributed by atoms with E-state index in [0.29, 0.717) is 38.5 Å². The monoisotopic (exact) mass is 541 g/mol. The van der Waals surface area contributed by atoms with Crippen LogP contribution in [0.4, 0.5) is 0 Å². The van der Waals surface area contributed by atoms with Crippen LogP contribution < -0.4 is 4.74 Å². The summed E-state index contributed by atoms with van der Waals surface area (Å²) < 4.78 is 15.8. The molecule has 0 aliphatic rings. The molecular weight excluding hydrogens is 502 g/mol. The van der Waals surface area contributed by atoms with Gasteiger partial charge in [-0.3, -0.25) is 9.59 Å². The van der Waals surface area contributed by atoms with E-state index in [0.717, 1.165) is 28.7 Å². The van der Waals surface area contributed by atoms with Gasteiger partial charge in [-0.05, 0) is 65.9 Å². The van der Waals surface area contributed by atoms with Crippen LogP contribution in [0.25, 0.3) is 0 Å². The molecule has 3 aromatic carbocycles. The number of benzene rings is 3. The number of aryl methyl sites for hydroxylation is 1. The summed E-state index contributed by atoms with van der Waals surface area (Å²) in [5.41, 5.74) is 5.16. The average Bonchev–Trinajstić information content (AvgIpc) is 2.98. The first kappa shape index (κ1) is 30.6. The highest BCUT2D eigenvalue weighted by Crippen LogP contribution is 2.17. The molecule has 0 unspecified atom stereocenters. The van der Waals surface area contributed by atoms with Gasteiger partial charge < -0.3 is 19.1 Å². The zero-order valence-corrected chi connectivity index (χ0v) is 23.8. The molecule has 0 radical (unpaired) electrons. The van der Waals surface area contributed by atoms with Gasteiger partial charge in [0, 0.05) is 37.7 Å². The number of amides is 1. The molecule has 0 aliphatic heterocycles. The average molecular weight is 542 g/mol. The van der Waals surface area contributed by atoms with Gasteiger partial charge in [-0.15, -0.1) is 0 Å². The molecule has 1 amide bonds. The third kappa shape index (κ3) is 10.7. The number of methoxy groups -OCH3 is 1. The Morgan fingerprint density at radius 1 is 0.750 bits per heavy atom. The van der Waals surface area contributed by atoms with Gasteiger partial charge in [0.05, 0.1) is 13.2 Å². The Balaban J connectivity index is 1.66. The number of hydrogen-bond acceptors (Lipinski definition) is 5. The van der Waals surface area contributed by atoms with Crippen LogP contribution in [-0.2, 0) is 38.6 Å². The first-order valence-corrected chi connectivity index (χ1v) is 13.8. The molecule has 6 heteroatoms. The highest BCUT2D eigenvalue weighted by molar-refractivity contribution is 5.77. The summed E-state index contributed by atoms with van der Waals surface area (Å²) in [6.45, 7) is 5.51. The molecule has 0 bridgehead atoms. The number of nitrogens with zero attached hydrogens (tertiary/aromatic N) is 1. The van der Waals surface area contributed by atoms with Gasteiger partial charge in [-0.2, -0.15) is 0 Å². The summed E-state index contributed by atoms with van der Waals surface area (Å²) >= 11 is 0. The lowest BCUT2D eigenvalue weighted by Crippen LogP contribution is -2.33. The SMILES string of the molecule is CCCCc1ccc(C#Cc2ccc(CN(Cc3ccc(OC(=O)CC)cc3)C(=O)COCCOC)cc2)cc1. The predicted molar refractivity (Wildman–Crippen MR) is 157 cm³/mol. The van der Waals surface area contributed by atoms with Crippen molar-refractivity contribution in [2.75, 3.05) is 26.9 Å². The molecule has 0 fully saturated rings. The topological polar surface area (TPSA) is 65.1 Å². The van der Waals surface area contributed by atoms with Gasteiger partial charge >= 0.3 is 5.97 Å². The van der Waals surface area contributed by atoms with E-state index in [1.807, 2.05) is 36.4 Å². The Labute approximate surface area is 238 Å². The lowest BCUT2D eigenvalue weighted by molar-refractivity contribution is -0.138. The van der Waals surface area contributed by atoms with Gasteiger partial charge in [0.2, 0.25) is 5.91 Å². The van der Waals surface area contributed by atoms with E-state index in [2.05, 4.69) is 43.0 Å². The standard InChI is InChI=1S/C34H39NO5/c1-4-6-7-27-8-10-28(11-9-27)12-13-29-14-16-30(17-15-29)24-35(33(36)26-39-23-22-38-3)25-31-18-20-32(21-19-31)40-34(37)5-2/h8-11,14-21H,4-7,22-26H2,1-3H3. The molecule has 0 aliphatic carbocycles. The molecule has 210 valence electrons. The number of hydrogen-bond donors (Lipinski definition) is 0. The molecule has 0 heterocycles. The lowest BCUT2D eigenvalue weighted by Gasteiger charge is -2.23. The quantitative estimate of drug-likeness (QED) is 0.109. The summed E-state index contributed by atoms with van der Waals surface area (Å²) in [7, 11) is 1.59. The van der Waals surface area contributed by atoms with Crippen LogP contribution in [0.2, 0.25) is 0 Å². The van der Waals surface area contributed by atoms with Crippen molar-refractivity contribution >= 4 is 11.9 Å². The first-order chi connectivity index (χ1) is 19.5. The number of rotatable bonds is 14. The van der Waals surface area contributed by atoms with E-state index in [4.69, 9.17) is 14.2 Å². The van der Waals surface area contributed by atoms with E-state index in [1.54, 1.807) is 31.1 Å². The van der Waals surface area contributed by atoms with Crippen LogP contribution in [0.1, 0.15) is 60.9 Å². The summed E-state index contributed by atoms with van der Waals surface area (Å²) in [4.78, 5) is 26.4. The number of esters is 1. The molecule has 0 saturated carbocycles. The maximum absolute atomic E-state index is 13.0. The zero-order valence-electron chi connectivity index (χ0n) is 23.8. The summed E-state index contributed by atoms with van der Waals surface area (Å²) in [5, 5.41) is 0. The van der Waals surface area contributed by atoms with Crippen molar-refractivity contribution in [1.29, 1.82) is 0 Å². The van der Waals surface area contributed by atoms with Gasteiger partial charge in [0.15, 0.2) is 0 Å². The van der Waals surface area contributed by atoms with Crippen molar-refractivity contribution in [3.05, 3.63) is 101 Å². The summed E-state index contributed by atoms with van der Waals surface area (Å²) in [6.07, 6.45) is 3.80. The van der Waals surface area contributed by atoms with Crippen molar-refractivity contribution in [2.24, 2.45) is 0 Å². The Morgan fingerprint density at radius 2 is 1.30 bits per heavy atom. The number of carbonyl (C=O) groups is 2. The summed E-state index contributed by atoms with van der Waals surface area (Å²) in [5.74, 6) is 6.55. The molecule has 6 nitrogen and oxygen atoms in total. The number of unbranched alkanes of at least 4 members (excludes halogenated alkanes) is 1. The highest BCUT2D eigenvalue weighted by atomic mass is 16.5. The minimum Gasteiger partial charge on any atom is -0.427 e. The molecule has 40 heavy (non-hydrogen) atoms. The van der Waals surface area contributed by atoms with E-state index in [-0.39, 0.29) is 18.5 Å². The molecule has 0 saturated heterocycles. The Morgan fingerprint density at radius 3 is 1.82 bits per heavy atom. The van der Waals surface area contributed by atoms with Gasteiger partial charge in [-0.1, -0.05) is 68.5 Å². The zero-order chi connectivity index (χ0) is 28.6. The highest BCUT2D eigenvalue weighted by Gasteiger charge is 2.15. The van der Waals surface area contributed by atoms with Gasteiger partial charge in [0.25, 0.3) is 0 Å². The van der Waals surface area contributed by atoms with Crippen molar-refractivity contribution < 1.29 is 23.8 Å². The van der Waals surface area contributed by atoms with Gasteiger partial charge in [-0.25, -0.2) is 0 Å². The van der Waals surface area contributed by atoms with Crippen LogP contribution in [0.5, 0.6) is 5.75 Å². The first-order valence-electron chi connectivity index (χ1n) is 13.8. The van der Waals surface area contributed by atoms with E-state index in [1.165, 1.54) is 18.4 Å². The van der Waals surface area contributed by atoms with Crippen LogP contribution in [0, 0.1) is 11.8 Å². The summed E-state index contributed by atoms with van der Waals surface area (Å²) in [6, 6.07) is 23.6. The maximum Gasteiger partial charge on any atom is 0.310 e. The smallest absolute Gasteiger partial charge is 0.310 e. The Bertz CT molecular complexity index is 1250.